The lowest BCUT2D eigenvalue weighted by molar-refractivity contribution is 0.0782. The highest BCUT2D eigenvalue weighted by Crippen LogP contribution is 2.13. The van der Waals surface area contributed by atoms with E-state index in [4.69, 9.17) is 0 Å². The average molecular weight is 355 g/mol. The topological polar surface area (TPSA) is 71.6 Å². The van der Waals surface area contributed by atoms with E-state index in [0.29, 0.717) is 17.8 Å². The third kappa shape index (κ3) is 3.60. The number of hydrogen-bond acceptors (Lipinski definition) is 5. The molecule has 0 aromatic carbocycles. The Balaban J connectivity index is 1.79. The molecule has 0 aliphatic carbocycles. The summed E-state index contributed by atoms with van der Waals surface area (Å²) in [5.41, 5.74) is 2.14. The number of aromatic nitrogens is 5. The Morgan fingerprint density at radius 3 is 2.58 bits per heavy atom. The number of carbonyl (C=O) groups is 1. The van der Waals surface area contributed by atoms with Crippen LogP contribution in [-0.4, -0.2) is 60.0 Å². The molecule has 1 amide bonds. The van der Waals surface area contributed by atoms with Crippen LogP contribution in [0.25, 0.3) is 5.65 Å². The molecule has 8 nitrogen and oxygen atoms in total. The first-order valence-corrected chi connectivity index (χ1v) is 8.79. The maximum absolute atomic E-state index is 12.8. The highest BCUT2D eigenvalue weighted by molar-refractivity contribution is 5.99. The van der Waals surface area contributed by atoms with Crippen LogP contribution in [0.4, 0.5) is 0 Å². The first-order valence-electron chi connectivity index (χ1n) is 8.79. The van der Waals surface area contributed by atoms with E-state index in [1.165, 1.54) is 0 Å². The number of carbonyl (C=O) groups excluding carboxylic acids is 1. The van der Waals surface area contributed by atoms with Gasteiger partial charge in [-0.05, 0) is 13.1 Å². The third-order valence-corrected chi connectivity index (χ3v) is 4.59. The van der Waals surface area contributed by atoms with Crippen LogP contribution in [0.1, 0.15) is 35.6 Å². The summed E-state index contributed by atoms with van der Waals surface area (Å²) in [5, 5.41) is 4.32. The number of amides is 1. The van der Waals surface area contributed by atoms with E-state index in [-0.39, 0.29) is 5.91 Å². The molecule has 0 spiro atoms. The van der Waals surface area contributed by atoms with Gasteiger partial charge in [0.25, 0.3) is 5.91 Å². The number of nitrogens with zero attached hydrogens (tertiary/aromatic N) is 7. The van der Waals surface area contributed by atoms with Crippen molar-refractivity contribution in [3.05, 3.63) is 47.9 Å². The van der Waals surface area contributed by atoms with Gasteiger partial charge in [0.05, 0.1) is 12.7 Å². The van der Waals surface area contributed by atoms with Crippen LogP contribution in [-0.2, 0) is 20.1 Å². The van der Waals surface area contributed by atoms with Gasteiger partial charge in [-0.2, -0.15) is 5.10 Å². The molecule has 3 aromatic heterocycles. The minimum absolute atomic E-state index is 0.119. The van der Waals surface area contributed by atoms with Crippen molar-refractivity contribution in [2.45, 2.75) is 26.9 Å². The molecule has 0 N–H and O–H groups in total. The van der Waals surface area contributed by atoms with Crippen LogP contribution in [0, 0.1) is 0 Å². The maximum Gasteiger partial charge on any atom is 0.259 e. The maximum atomic E-state index is 12.8. The normalized spacial score (nSPS) is 11.4. The Labute approximate surface area is 153 Å². The van der Waals surface area contributed by atoms with Crippen LogP contribution in [0.3, 0.4) is 0 Å². The summed E-state index contributed by atoms with van der Waals surface area (Å²) >= 11 is 0. The lowest BCUT2D eigenvalue weighted by atomic mass is 10.2. The minimum atomic E-state index is -0.119. The lowest BCUT2D eigenvalue weighted by Gasteiger charge is -2.18. The fraction of sp³-hybridized carbons (Fsp3) is 0.444. The SMILES string of the molecule is CCN(CC)Cc1cnc2c(C(=O)N(C)Cc3nccn3C)cnn2c1. The highest BCUT2D eigenvalue weighted by atomic mass is 16.2. The third-order valence-electron chi connectivity index (χ3n) is 4.59. The highest BCUT2D eigenvalue weighted by Gasteiger charge is 2.19. The van der Waals surface area contributed by atoms with Crippen molar-refractivity contribution in [3.63, 3.8) is 0 Å². The van der Waals surface area contributed by atoms with Gasteiger partial charge in [0.15, 0.2) is 5.65 Å². The second-order valence-corrected chi connectivity index (χ2v) is 6.37. The Morgan fingerprint density at radius 2 is 1.92 bits per heavy atom. The molecule has 0 aliphatic heterocycles. The van der Waals surface area contributed by atoms with Gasteiger partial charge < -0.3 is 9.47 Å². The van der Waals surface area contributed by atoms with Crippen LogP contribution in [0.5, 0.6) is 0 Å². The van der Waals surface area contributed by atoms with E-state index in [2.05, 4.69) is 33.8 Å². The second-order valence-electron chi connectivity index (χ2n) is 6.37. The zero-order chi connectivity index (χ0) is 18.7. The second kappa shape index (κ2) is 7.65. The smallest absolute Gasteiger partial charge is 0.259 e. The summed E-state index contributed by atoms with van der Waals surface area (Å²) in [5.74, 6) is 0.707. The first-order chi connectivity index (χ1) is 12.5. The van der Waals surface area contributed by atoms with Gasteiger partial charge in [0.2, 0.25) is 0 Å². The van der Waals surface area contributed by atoms with E-state index in [0.717, 1.165) is 31.0 Å². The van der Waals surface area contributed by atoms with Crippen LogP contribution in [0.2, 0.25) is 0 Å². The Bertz CT molecular complexity index is 894. The molecule has 138 valence electrons. The zero-order valence-corrected chi connectivity index (χ0v) is 15.8. The van der Waals surface area contributed by atoms with Gasteiger partial charge in [0, 0.05) is 51.0 Å². The van der Waals surface area contributed by atoms with Crippen molar-refractivity contribution >= 4 is 11.6 Å². The van der Waals surface area contributed by atoms with Gasteiger partial charge in [-0.15, -0.1) is 0 Å². The Kier molecular flexibility index (Phi) is 5.32. The molecule has 0 aliphatic rings. The summed E-state index contributed by atoms with van der Waals surface area (Å²) in [6, 6.07) is 0. The van der Waals surface area contributed by atoms with Gasteiger partial charge in [-0.3, -0.25) is 9.69 Å². The molecule has 0 saturated carbocycles. The molecule has 8 heteroatoms. The van der Waals surface area contributed by atoms with Crippen molar-refractivity contribution in [1.82, 2.24) is 33.9 Å². The molecule has 0 bridgehead atoms. The fourth-order valence-corrected chi connectivity index (χ4v) is 2.89. The molecular weight excluding hydrogens is 330 g/mol. The summed E-state index contributed by atoms with van der Waals surface area (Å²) < 4.78 is 3.58. The van der Waals surface area contributed by atoms with Crippen molar-refractivity contribution in [1.29, 1.82) is 0 Å². The number of hydrogen-bond donors (Lipinski definition) is 0. The van der Waals surface area contributed by atoms with E-state index >= 15 is 0 Å². The Morgan fingerprint density at radius 1 is 1.15 bits per heavy atom. The van der Waals surface area contributed by atoms with Gasteiger partial charge in [0.1, 0.15) is 11.4 Å². The monoisotopic (exact) mass is 355 g/mol. The van der Waals surface area contributed by atoms with Gasteiger partial charge in [-0.25, -0.2) is 14.5 Å². The predicted molar refractivity (Wildman–Crippen MR) is 98.6 cm³/mol. The standard InChI is InChI=1S/C18H25N7O/c1-5-24(6-2)11-14-9-20-17-15(10-21-25(17)12-14)18(26)23(4)13-16-19-7-8-22(16)3/h7-10,12H,5-6,11,13H2,1-4H3. The van der Waals surface area contributed by atoms with Gasteiger partial charge >= 0.3 is 0 Å². The van der Waals surface area contributed by atoms with Gasteiger partial charge in [-0.1, -0.05) is 13.8 Å². The largest absolute Gasteiger partial charge is 0.337 e. The van der Waals surface area contributed by atoms with Crippen molar-refractivity contribution in [2.24, 2.45) is 7.05 Å². The number of aryl methyl sites for hydroxylation is 1. The predicted octanol–water partition coefficient (Wildman–Crippen LogP) is 1.58. The average Bonchev–Trinajstić information content (AvgIpc) is 3.25. The summed E-state index contributed by atoms with van der Waals surface area (Å²) in [7, 11) is 3.67. The van der Waals surface area contributed by atoms with E-state index in [1.54, 1.807) is 28.9 Å². The van der Waals surface area contributed by atoms with Crippen LogP contribution < -0.4 is 0 Å². The Hall–Kier alpha value is -2.74. The summed E-state index contributed by atoms with van der Waals surface area (Å²) in [4.78, 5) is 25.5. The lowest BCUT2D eigenvalue weighted by Crippen LogP contribution is -2.27. The van der Waals surface area contributed by atoms with E-state index in [1.807, 2.05) is 30.2 Å². The number of rotatable bonds is 7. The van der Waals surface area contributed by atoms with E-state index < -0.39 is 0 Å². The fourth-order valence-electron chi connectivity index (χ4n) is 2.89. The molecule has 0 saturated heterocycles. The molecule has 3 rings (SSSR count). The van der Waals surface area contributed by atoms with Crippen LogP contribution >= 0.6 is 0 Å². The molecule has 3 aromatic rings. The number of fused-ring (bicyclic) bond motifs is 1. The first kappa shape index (κ1) is 18.1. The molecular formula is C18H25N7O. The summed E-state index contributed by atoms with van der Waals surface area (Å²) in [6.45, 7) is 7.48. The molecule has 26 heavy (non-hydrogen) atoms. The summed E-state index contributed by atoms with van der Waals surface area (Å²) in [6.07, 6.45) is 8.94. The molecule has 0 unspecified atom stereocenters. The van der Waals surface area contributed by atoms with Crippen LogP contribution in [0.15, 0.2) is 31.0 Å². The van der Waals surface area contributed by atoms with Crippen molar-refractivity contribution in [3.8, 4) is 0 Å². The number of imidazole rings is 1. The van der Waals surface area contributed by atoms with Crippen molar-refractivity contribution < 1.29 is 4.79 Å². The molecule has 3 heterocycles. The zero-order valence-electron chi connectivity index (χ0n) is 15.8. The van der Waals surface area contributed by atoms with E-state index in [9.17, 15) is 4.79 Å². The minimum Gasteiger partial charge on any atom is -0.337 e. The van der Waals surface area contributed by atoms with Crippen molar-refractivity contribution in [2.75, 3.05) is 20.1 Å². The molecule has 0 radical (unpaired) electrons. The molecule has 0 fully saturated rings. The quantitative estimate of drug-likeness (QED) is 0.643. The molecule has 0 atom stereocenters.